The Morgan fingerprint density at radius 3 is 2.10 bits per heavy atom. The standard InChI is InChI=1S/C16H17ClO3S/c1-10-8-14(15(17)9-11(10)2)16(18)12-4-6-13(7-5-12)21(3,19)20/h4-9,16,18H,1-3H3. The van der Waals surface area contributed by atoms with E-state index in [1.165, 1.54) is 12.1 Å². The zero-order valence-electron chi connectivity index (χ0n) is 12.1. The Kier molecular flexibility index (Phi) is 4.42. The average molecular weight is 325 g/mol. The van der Waals surface area contributed by atoms with Gasteiger partial charge >= 0.3 is 0 Å². The minimum atomic E-state index is -3.24. The second-order valence-corrected chi connectivity index (χ2v) is 7.62. The molecular weight excluding hydrogens is 308 g/mol. The van der Waals surface area contributed by atoms with E-state index < -0.39 is 15.9 Å². The molecule has 2 aromatic rings. The first-order valence-corrected chi connectivity index (χ1v) is 8.72. The predicted octanol–water partition coefficient (Wildman–Crippen LogP) is 3.44. The van der Waals surface area contributed by atoms with Crippen LogP contribution in [0.4, 0.5) is 0 Å². The van der Waals surface area contributed by atoms with Crippen molar-refractivity contribution in [2.24, 2.45) is 0 Å². The predicted molar refractivity (Wildman–Crippen MR) is 84.5 cm³/mol. The Bertz CT molecular complexity index is 765. The zero-order chi connectivity index (χ0) is 15.8. The van der Waals surface area contributed by atoms with Crippen molar-refractivity contribution in [2.45, 2.75) is 24.8 Å². The maximum absolute atomic E-state index is 11.4. The molecule has 112 valence electrons. The van der Waals surface area contributed by atoms with Gasteiger partial charge < -0.3 is 5.11 Å². The van der Waals surface area contributed by atoms with Crippen LogP contribution in [-0.2, 0) is 9.84 Å². The summed E-state index contributed by atoms with van der Waals surface area (Å²) in [5.41, 5.74) is 3.32. The van der Waals surface area contributed by atoms with Crippen LogP contribution in [0.15, 0.2) is 41.3 Å². The summed E-state index contributed by atoms with van der Waals surface area (Å²) in [6.07, 6.45) is 0.268. The normalized spacial score (nSPS) is 13.2. The molecule has 0 aromatic heterocycles. The van der Waals surface area contributed by atoms with Crippen molar-refractivity contribution < 1.29 is 13.5 Å². The van der Waals surface area contributed by atoms with E-state index in [-0.39, 0.29) is 4.90 Å². The molecule has 21 heavy (non-hydrogen) atoms. The van der Waals surface area contributed by atoms with E-state index in [1.54, 1.807) is 12.1 Å². The van der Waals surface area contributed by atoms with E-state index in [2.05, 4.69) is 0 Å². The van der Waals surface area contributed by atoms with Gasteiger partial charge in [-0.2, -0.15) is 0 Å². The van der Waals surface area contributed by atoms with Gasteiger partial charge in [0.15, 0.2) is 9.84 Å². The maximum Gasteiger partial charge on any atom is 0.175 e. The third kappa shape index (κ3) is 3.46. The third-order valence-corrected chi connectivity index (χ3v) is 4.99. The number of aliphatic hydroxyl groups excluding tert-OH is 1. The molecule has 2 rings (SSSR count). The third-order valence-electron chi connectivity index (χ3n) is 3.53. The van der Waals surface area contributed by atoms with Gasteiger partial charge in [0.1, 0.15) is 6.10 Å². The Hall–Kier alpha value is -1.36. The number of benzene rings is 2. The van der Waals surface area contributed by atoms with E-state index >= 15 is 0 Å². The van der Waals surface area contributed by atoms with Crippen molar-refractivity contribution >= 4 is 21.4 Å². The molecule has 0 saturated carbocycles. The van der Waals surface area contributed by atoms with E-state index in [0.717, 1.165) is 17.4 Å². The first-order chi connectivity index (χ1) is 9.70. The Morgan fingerprint density at radius 2 is 1.57 bits per heavy atom. The van der Waals surface area contributed by atoms with Crippen LogP contribution >= 0.6 is 11.6 Å². The van der Waals surface area contributed by atoms with Crippen molar-refractivity contribution in [2.75, 3.05) is 6.26 Å². The van der Waals surface area contributed by atoms with Gasteiger partial charge in [0.05, 0.1) is 4.90 Å². The van der Waals surface area contributed by atoms with Gasteiger partial charge in [0.25, 0.3) is 0 Å². The van der Waals surface area contributed by atoms with Gasteiger partial charge in [-0.25, -0.2) is 8.42 Å². The first kappa shape index (κ1) is 16.0. The quantitative estimate of drug-likeness (QED) is 0.941. The van der Waals surface area contributed by atoms with E-state index in [0.29, 0.717) is 16.1 Å². The van der Waals surface area contributed by atoms with E-state index in [1.807, 2.05) is 26.0 Å². The highest BCUT2D eigenvalue weighted by Gasteiger charge is 2.16. The van der Waals surface area contributed by atoms with Gasteiger partial charge in [0.2, 0.25) is 0 Å². The molecule has 0 bridgehead atoms. The molecule has 1 unspecified atom stereocenters. The Morgan fingerprint density at radius 1 is 1.05 bits per heavy atom. The van der Waals surface area contributed by atoms with E-state index in [9.17, 15) is 13.5 Å². The summed E-state index contributed by atoms with van der Waals surface area (Å²) in [5, 5.41) is 10.9. The number of hydrogen-bond acceptors (Lipinski definition) is 3. The molecule has 1 N–H and O–H groups in total. The summed E-state index contributed by atoms with van der Waals surface area (Å²) < 4.78 is 22.9. The van der Waals surface area contributed by atoms with Gasteiger partial charge in [-0.1, -0.05) is 29.8 Å². The van der Waals surface area contributed by atoms with Crippen molar-refractivity contribution in [1.82, 2.24) is 0 Å². The van der Waals surface area contributed by atoms with Crippen LogP contribution in [0.2, 0.25) is 5.02 Å². The lowest BCUT2D eigenvalue weighted by molar-refractivity contribution is 0.220. The van der Waals surface area contributed by atoms with Crippen LogP contribution in [0.3, 0.4) is 0 Å². The van der Waals surface area contributed by atoms with Crippen LogP contribution in [0, 0.1) is 13.8 Å². The minimum Gasteiger partial charge on any atom is -0.384 e. The largest absolute Gasteiger partial charge is 0.384 e. The highest BCUT2D eigenvalue weighted by Crippen LogP contribution is 2.31. The second kappa shape index (κ2) is 5.79. The number of aryl methyl sites for hydroxylation is 2. The fraction of sp³-hybridized carbons (Fsp3) is 0.250. The fourth-order valence-corrected chi connectivity index (χ4v) is 3.04. The lowest BCUT2D eigenvalue weighted by Gasteiger charge is -2.15. The molecule has 0 aliphatic rings. The van der Waals surface area contributed by atoms with Crippen molar-refractivity contribution in [1.29, 1.82) is 0 Å². The van der Waals surface area contributed by atoms with Crippen molar-refractivity contribution in [3.05, 3.63) is 63.7 Å². The minimum absolute atomic E-state index is 0.227. The molecule has 5 heteroatoms. The molecule has 0 heterocycles. The highest BCUT2D eigenvalue weighted by molar-refractivity contribution is 7.90. The molecule has 2 aromatic carbocycles. The van der Waals surface area contributed by atoms with E-state index in [4.69, 9.17) is 11.6 Å². The molecule has 0 amide bonds. The lowest BCUT2D eigenvalue weighted by Crippen LogP contribution is -2.03. The summed E-state index contributed by atoms with van der Waals surface area (Å²) in [7, 11) is -3.24. The monoisotopic (exact) mass is 324 g/mol. The molecule has 3 nitrogen and oxygen atoms in total. The summed E-state index contributed by atoms with van der Waals surface area (Å²) in [6.45, 7) is 3.91. The number of hydrogen-bond donors (Lipinski definition) is 1. The number of halogens is 1. The number of rotatable bonds is 3. The van der Waals surface area contributed by atoms with Crippen LogP contribution in [0.25, 0.3) is 0 Å². The summed E-state index contributed by atoms with van der Waals surface area (Å²) in [4.78, 5) is 0.227. The summed E-state index contributed by atoms with van der Waals surface area (Å²) in [6, 6.07) is 9.86. The van der Waals surface area contributed by atoms with Crippen LogP contribution in [0.1, 0.15) is 28.4 Å². The lowest BCUT2D eigenvalue weighted by atomic mass is 9.98. The Labute approximate surface area is 130 Å². The molecular formula is C16H17ClO3S. The molecule has 0 aliphatic heterocycles. The topological polar surface area (TPSA) is 54.4 Å². The molecule has 0 fully saturated rings. The average Bonchev–Trinajstić information content (AvgIpc) is 2.41. The molecule has 0 radical (unpaired) electrons. The SMILES string of the molecule is Cc1cc(Cl)c(C(O)c2ccc(S(C)(=O)=O)cc2)cc1C. The van der Waals surface area contributed by atoms with Gasteiger partial charge in [-0.3, -0.25) is 0 Å². The fourth-order valence-electron chi connectivity index (χ4n) is 2.09. The zero-order valence-corrected chi connectivity index (χ0v) is 13.7. The second-order valence-electron chi connectivity index (χ2n) is 5.20. The Balaban J connectivity index is 2.41. The van der Waals surface area contributed by atoms with Crippen molar-refractivity contribution in [3.63, 3.8) is 0 Å². The van der Waals surface area contributed by atoms with Crippen molar-refractivity contribution in [3.8, 4) is 0 Å². The van der Waals surface area contributed by atoms with Gasteiger partial charge in [0, 0.05) is 16.8 Å². The molecule has 0 spiro atoms. The summed E-state index contributed by atoms with van der Waals surface area (Å²) >= 11 is 6.19. The maximum atomic E-state index is 11.4. The molecule has 0 aliphatic carbocycles. The van der Waals surface area contributed by atoms with Gasteiger partial charge in [-0.05, 0) is 48.7 Å². The smallest absolute Gasteiger partial charge is 0.175 e. The number of sulfone groups is 1. The van der Waals surface area contributed by atoms with Crippen LogP contribution < -0.4 is 0 Å². The van der Waals surface area contributed by atoms with Crippen LogP contribution in [-0.4, -0.2) is 19.8 Å². The van der Waals surface area contributed by atoms with Gasteiger partial charge in [-0.15, -0.1) is 0 Å². The highest BCUT2D eigenvalue weighted by atomic mass is 35.5. The summed E-state index contributed by atoms with van der Waals surface area (Å²) in [5.74, 6) is 0. The van der Waals surface area contributed by atoms with Crippen LogP contribution in [0.5, 0.6) is 0 Å². The molecule has 0 saturated heterocycles. The number of aliphatic hydroxyl groups is 1. The first-order valence-electron chi connectivity index (χ1n) is 6.45. The molecule has 1 atom stereocenters.